The van der Waals surface area contributed by atoms with Crippen LogP contribution < -0.4 is 10.2 Å². The minimum Gasteiger partial charge on any atom is -0.367 e. The summed E-state index contributed by atoms with van der Waals surface area (Å²) in [5.74, 6) is 0. The maximum absolute atomic E-state index is 12.6. The van der Waals surface area contributed by atoms with Crippen molar-refractivity contribution in [3.8, 4) is 0 Å². The van der Waals surface area contributed by atoms with E-state index in [1.165, 1.54) is 12.1 Å². The van der Waals surface area contributed by atoms with Crippen molar-refractivity contribution >= 4 is 12.1 Å². The molecule has 2 aromatic rings. The van der Waals surface area contributed by atoms with Gasteiger partial charge in [-0.25, -0.2) is 0 Å². The lowest BCUT2D eigenvalue weighted by Crippen LogP contribution is -2.35. The quantitative estimate of drug-likeness (QED) is 0.860. The predicted molar refractivity (Wildman–Crippen MR) is 85.5 cm³/mol. The number of amides is 1. The summed E-state index contributed by atoms with van der Waals surface area (Å²) in [6.45, 7) is 1.26. The van der Waals surface area contributed by atoms with Crippen molar-refractivity contribution in [2.45, 2.75) is 25.2 Å². The number of fused-ring (bicyclic) bond motifs is 1. The number of nitrogens with one attached hydrogen (secondary N) is 1. The predicted octanol–water partition coefficient (Wildman–Crippen LogP) is 3.90. The van der Waals surface area contributed by atoms with E-state index < -0.39 is 11.7 Å². The van der Waals surface area contributed by atoms with Gasteiger partial charge in [0.05, 0.1) is 11.6 Å². The molecule has 1 unspecified atom stereocenters. The zero-order valence-electron chi connectivity index (χ0n) is 12.9. The fourth-order valence-corrected chi connectivity index (χ4v) is 3.07. The normalized spacial score (nSPS) is 17.3. The highest BCUT2D eigenvalue weighted by Gasteiger charge is 2.30. The number of halogens is 3. The molecule has 3 nitrogen and oxygen atoms in total. The third-order valence-electron chi connectivity index (χ3n) is 4.26. The summed E-state index contributed by atoms with van der Waals surface area (Å²) in [6, 6.07) is 13.0. The summed E-state index contributed by atoms with van der Waals surface area (Å²) in [6.07, 6.45) is -2.85. The van der Waals surface area contributed by atoms with Crippen molar-refractivity contribution in [3.63, 3.8) is 0 Å². The third kappa shape index (κ3) is 3.37. The maximum atomic E-state index is 12.6. The van der Waals surface area contributed by atoms with Crippen LogP contribution in [0.5, 0.6) is 0 Å². The third-order valence-corrected chi connectivity index (χ3v) is 4.26. The molecule has 126 valence electrons. The van der Waals surface area contributed by atoms with Crippen LogP contribution in [-0.4, -0.2) is 13.0 Å². The molecule has 1 atom stereocenters. The lowest BCUT2D eigenvalue weighted by atomic mass is 9.96. The lowest BCUT2D eigenvalue weighted by molar-refractivity contribution is -0.137. The van der Waals surface area contributed by atoms with E-state index in [4.69, 9.17) is 0 Å². The average molecular weight is 334 g/mol. The van der Waals surface area contributed by atoms with Crippen molar-refractivity contribution < 1.29 is 18.0 Å². The first-order valence-electron chi connectivity index (χ1n) is 7.69. The van der Waals surface area contributed by atoms with E-state index in [0.717, 1.165) is 41.9 Å². The number of benzene rings is 2. The number of carbonyl (C=O) groups excluding carboxylic acids is 1. The van der Waals surface area contributed by atoms with Crippen LogP contribution in [0.1, 0.15) is 29.2 Å². The Kier molecular flexibility index (Phi) is 4.46. The number of nitrogens with zero attached hydrogens (tertiary/aromatic N) is 1. The first-order valence-corrected chi connectivity index (χ1v) is 7.69. The summed E-state index contributed by atoms with van der Waals surface area (Å²) in [5.41, 5.74) is 2.21. The van der Waals surface area contributed by atoms with Gasteiger partial charge in [-0.3, -0.25) is 4.79 Å². The molecule has 0 spiro atoms. The molecule has 0 saturated heterocycles. The van der Waals surface area contributed by atoms with Gasteiger partial charge >= 0.3 is 6.18 Å². The van der Waals surface area contributed by atoms with Crippen LogP contribution in [0.3, 0.4) is 0 Å². The van der Waals surface area contributed by atoms with Gasteiger partial charge in [-0.05, 0) is 35.7 Å². The molecular formula is C18H17F3N2O. The molecule has 0 fully saturated rings. The second-order valence-corrected chi connectivity index (χ2v) is 5.80. The second kappa shape index (κ2) is 6.55. The number of para-hydroxylation sites is 1. The van der Waals surface area contributed by atoms with Crippen molar-refractivity contribution in [1.29, 1.82) is 0 Å². The number of hydrogen-bond donors (Lipinski definition) is 1. The molecule has 1 N–H and O–H groups in total. The van der Waals surface area contributed by atoms with Gasteiger partial charge in [0.15, 0.2) is 0 Å². The molecule has 0 radical (unpaired) electrons. The molecule has 1 aliphatic heterocycles. The summed E-state index contributed by atoms with van der Waals surface area (Å²) in [7, 11) is 0. The fraction of sp³-hybridized carbons (Fsp3) is 0.278. The number of alkyl halides is 3. The molecule has 0 aromatic heterocycles. The van der Waals surface area contributed by atoms with Crippen LogP contribution in [0.2, 0.25) is 0 Å². The minimum atomic E-state index is -4.32. The number of rotatable bonds is 4. The van der Waals surface area contributed by atoms with Crippen molar-refractivity contribution in [1.82, 2.24) is 5.32 Å². The number of carbonyl (C=O) groups is 1. The van der Waals surface area contributed by atoms with E-state index in [-0.39, 0.29) is 6.04 Å². The summed E-state index contributed by atoms with van der Waals surface area (Å²) in [5, 5.41) is 2.82. The Bertz CT molecular complexity index is 713. The van der Waals surface area contributed by atoms with E-state index in [0.29, 0.717) is 13.0 Å². The Morgan fingerprint density at radius 2 is 1.83 bits per heavy atom. The molecule has 3 rings (SSSR count). The maximum Gasteiger partial charge on any atom is 0.416 e. The molecular weight excluding hydrogens is 317 g/mol. The molecule has 0 bridgehead atoms. The zero-order chi connectivity index (χ0) is 17.2. The van der Waals surface area contributed by atoms with E-state index in [1.807, 2.05) is 24.3 Å². The van der Waals surface area contributed by atoms with Crippen LogP contribution in [0.25, 0.3) is 0 Å². The molecule has 2 aromatic carbocycles. The Balaban J connectivity index is 1.80. The Hall–Kier alpha value is -2.50. The highest BCUT2D eigenvalue weighted by molar-refractivity contribution is 5.59. The van der Waals surface area contributed by atoms with Crippen molar-refractivity contribution in [3.05, 3.63) is 65.2 Å². The first-order chi connectivity index (χ1) is 11.5. The van der Waals surface area contributed by atoms with Gasteiger partial charge in [-0.2, -0.15) is 13.2 Å². The molecule has 1 amide bonds. The number of anilines is 1. The van der Waals surface area contributed by atoms with Crippen LogP contribution >= 0.6 is 0 Å². The van der Waals surface area contributed by atoms with Gasteiger partial charge in [0, 0.05) is 18.8 Å². The first kappa shape index (κ1) is 16.4. The zero-order valence-corrected chi connectivity index (χ0v) is 12.9. The van der Waals surface area contributed by atoms with Crippen LogP contribution in [-0.2, 0) is 17.5 Å². The van der Waals surface area contributed by atoms with Gasteiger partial charge < -0.3 is 10.2 Å². The lowest BCUT2D eigenvalue weighted by Gasteiger charge is -2.35. The summed E-state index contributed by atoms with van der Waals surface area (Å²) >= 11 is 0. The molecule has 6 heteroatoms. The van der Waals surface area contributed by atoms with Crippen LogP contribution in [0.4, 0.5) is 18.9 Å². The van der Waals surface area contributed by atoms with Crippen molar-refractivity contribution in [2.75, 3.05) is 11.4 Å². The van der Waals surface area contributed by atoms with Gasteiger partial charge in [-0.1, -0.05) is 30.3 Å². The Morgan fingerprint density at radius 3 is 2.50 bits per heavy atom. The highest BCUT2D eigenvalue weighted by Crippen LogP contribution is 2.35. The topological polar surface area (TPSA) is 32.3 Å². The smallest absolute Gasteiger partial charge is 0.367 e. The SMILES string of the molecule is O=CNC1CCN(Cc2ccc(C(F)(F)F)cc2)c2ccccc21. The van der Waals surface area contributed by atoms with E-state index >= 15 is 0 Å². The van der Waals surface area contributed by atoms with Gasteiger partial charge in [-0.15, -0.1) is 0 Å². The van der Waals surface area contributed by atoms with E-state index in [2.05, 4.69) is 10.2 Å². The molecule has 24 heavy (non-hydrogen) atoms. The van der Waals surface area contributed by atoms with Gasteiger partial charge in [0.2, 0.25) is 6.41 Å². The molecule has 1 aliphatic rings. The van der Waals surface area contributed by atoms with E-state index in [9.17, 15) is 18.0 Å². The molecule has 0 saturated carbocycles. The van der Waals surface area contributed by atoms with Crippen LogP contribution in [0, 0.1) is 0 Å². The molecule has 1 heterocycles. The standard InChI is InChI=1S/C18H17F3N2O/c19-18(20,21)14-7-5-13(6-8-14)11-23-10-9-16(22-12-24)15-3-1-2-4-17(15)23/h1-8,12,16H,9-11H2,(H,22,24). The van der Waals surface area contributed by atoms with Crippen LogP contribution in [0.15, 0.2) is 48.5 Å². The minimum absolute atomic E-state index is 0.0254. The highest BCUT2D eigenvalue weighted by atomic mass is 19.4. The Morgan fingerprint density at radius 1 is 1.12 bits per heavy atom. The molecule has 0 aliphatic carbocycles. The monoisotopic (exact) mass is 334 g/mol. The largest absolute Gasteiger partial charge is 0.416 e. The fourth-order valence-electron chi connectivity index (χ4n) is 3.07. The van der Waals surface area contributed by atoms with Crippen molar-refractivity contribution in [2.24, 2.45) is 0 Å². The van der Waals surface area contributed by atoms with Gasteiger partial charge in [0.1, 0.15) is 0 Å². The van der Waals surface area contributed by atoms with Gasteiger partial charge in [0.25, 0.3) is 0 Å². The second-order valence-electron chi connectivity index (χ2n) is 5.80. The Labute approximate surface area is 138 Å². The van der Waals surface area contributed by atoms with E-state index in [1.54, 1.807) is 0 Å². The summed E-state index contributed by atoms with van der Waals surface area (Å²) < 4.78 is 37.9. The average Bonchev–Trinajstić information content (AvgIpc) is 2.57. The number of hydrogen-bond acceptors (Lipinski definition) is 2. The summed E-state index contributed by atoms with van der Waals surface area (Å²) in [4.78, 5) is 12.9.